The first kappa shape index (κ1) is 23.2. The predicted octanol–water partition coefficient (Wildman–Crippen LogP) is -3.72. The second-order valence-corrected chi connectivity index (χ2v) is 5.03. The second kappa shape index (κ2) is 8.42. The summed E-state index contributed by atoms with van der Waals surface area (Å²) in [5.41, 5.74) is -4.60. The summed E-state index contributed by atoms with van der Waals surface area (Å²) in [6.07, 6.45) is -1.61. The Bertz CT molecular complexity index is 1170. The summed E-state index contributed by atoms with van der Waals surface area (Å²) in [6, 6.07) is -1.19. The maximum Gasteiger partial charge on any atom is 0.331 e. The van der Waals surface area contributed by atoms with Gasteiger partial charge in [0.25, 0.3) is 17.0 Å². The van der Waals surface area contributed by atoms with Crippen molar-refractivity contribution in [3.63, 3.8) is 0 Å². The van der Waals surface area contributed by atoms with Gasteiger partial charge in [0.1, 0.15) is 0 Å². The van der Waals surface area contributed by atoms with Crippen LogP contribution in [-0.2, 0) is 10.6 Å². The number of aliphatic hydroxyl groups excluding tert-OH is 1. The van der Waals surface area contributed by atoms with E-state index in [0.29, 0.717) is 6.20 Å². The van der Waals surface area contributed by atoms with Crippen LogP contribution in [0.5, 0.6) is 0 Å². The molecule has 6 N–H and O–H groups in total. The van der Waals surface area contributed by atoms with E-state index < -0.39 is 58.1 Å². The van der Waals surface area contributed by atoms with Crippen LogP contribution in [-0.4, -0.2) is 51.2 Å². The number of rotatable bonds is 1. The van der Waals surface area contributed by atoms with Crippen LogP contribution >= 0.6 is 0 Å². The van der Waals surface area contributed by atoms with Crippen LogP contribution in [0.1, 0.15) is 0 Å². The van der Waals surface area contributed by atoms with Gasteiger partial charge in [-0.1, -0.05) is 0 Å². The number of nitrogens with one attached hydrogen (secondary N) is 5. The van der Waals surface area contributed by atoms with Crippen LogP contribution in [0, 0.1) is 11.6 Å². The van der Waals surface area contributed by atoms with Gasteiger partial charge in [-0.3, -0.25) is 34.2 Å². The molecule has 0 spiro atoms. The van der Waals surface area contributed by atoms with Gasteiger partial charge in [-0.05, 0) is 0 Å². The predicted molar refractivity (Wildman–Crippen MR) is 86.4 cm³/mol. The van der Waals surface area contributed by atoms with Crippen molar-refractivity contribution < 1.29 is 27.9 Å². The Morgan fingerprint density at radius 2 is 1.59 bits per heavy atom. The lowest BCUT2D eigenvalue weighted by Crippen LogP contribution is -2.69. The number of H-pyrrole nitrogens is 3. The molecule has 13 nitrogen and oxygen atoms in total. The quantitative estimate of drug-likeness (QED) is 0.256. The van der Waals surface area contributed by atoms with E-state index in [1.807, 2.05) is 4.98 Å². The summed E-state index contributed by atoms with van der Waals surface area (Å²) in [5, 5.41) is 12.4. The molecule has 1 aliphatic heterocycles. The van der Waals surface area contributed by atoms with Gasteiger partial charge in [-0.15, -0.1) is 0 Å². The van der Waals surface area contributed by atoms with Gasteiger partial charge in [0.05, 0.1) is 6.20 Å². The van der Waals surface area contributed by atoms with Gasteiger partial charge in [-0.2, -0.15) is 8.78 Å². The summed E-state index contributed by atoms with van der Waals surface area (Å²) >= 11 is 0. The lowest BCUT2D eigenvalue weighted by atomic mass is 10.1. The van der Waals surface area contributed by atoms with Crippen molar-refractivity contribution in [3.05, 3.63) is 65.7 Å². The smallest absolute Gasteiger partial charge is 0.331 e. The van der Waals surface area contributed by atoms with Crippen molar-refractivity contribution >= 4 is 20.4 Å². The zero-order chi connectivity index (χ0) is 21.2. The van der Waals surface area contributed by atoms with Gasteiger partial charge < -0.3 is 15.4 Å². The lowest BCUT2D eigenvalue weighted by Gasteiger charge is -2.33. The van der Waals surface area contributed by atoms with Gasteiger partial charge in [0.15, 0.2) is 6.23 Å². The van der Waals surface area contributed by atoms with E-state index in [0.717, 1.165) is 0 Å². The highest BCUT2D eigenvalue weighted by Gasteiger charge is 2.53. The Morgan fingerprint density at radius 1 is 1.00 bits per heavy atom. The van der Waals surface area contributed by atoms with Crippen LogP contribution in [0.25, 0.3) is 0 Å². The molecule has 2 atom stereocenters. The minimum atomic E-state index is -3.49. The number of aromatic amines is 3. The monoisotopic (exact) mass is 417 g/mol. The molecule has 3 amide bonds. The molecule has 2 aromatic heterocycles. The molecule has 0 saturated carbocycles. The third-order valence-electron chi connectivity index (χ3n) is 3.20. The summed E-state index contributed by atoms with van der Waals surface area (Å²) in [4.78, 5) is 69.8. The van der Waals surface area contributed by atoms with Crippen LogP contribution in [0.3, 0.4) is 0 Å². The fourth-order valence-corrected chi connectivity index (χ4v) is 1.89. The molecule has 1 aliphatic rings. The number of aliphatic hydroxyl groups is 1. The van der Waals surface area contributed by atoms with Gasteiger partial charge in [0.2, 0.25) is 11.6 Å². The van der Waals surface area contributed by atoms with Gasteiger partial charge >= 0.3 is 23.2 Å². The van der Waals surface area contributed by atoms with Crippen molar-refractivity contribution in [1.82, 2.24) is 30.2 Å². The molecule has 0 aliphatic carbocycles. The first-order valence-electron chi connectivity index (χ1n) is 6.95. The first-order chi connectivity index (χ1) is 13.0. The van der Waals surface area contributed by atoms with Crippen molar-refractivity contribution in [3.8, 4) is 0 Å². The van der Waals surface area contributed by atoms with Gasteiger partial charge in [-0.25, -0.2) is 18.8 Å². The number of carbonyl (C=O) groups excluding carboxylic acids is 2. The molecular formula is C12H9BF3N6O7. The standard InChI is InChI=1S/C8H6F2N4O5.C4H3FN2O2.B/c9-2-1-14(7(19)11-3(2)15)8(10)4(16)12-6(18)13-5(8)17;5-2-1-6-4(9)7-3(2)8;/h1,4,16H,(H,11,15,19)(H2,12,13,17,18);1H,(H2,6,7,8,9);. The highest BCUT2D eigenvalue weighted by atomic mass is 19.1. The number of amides is 3. The van der Waals surface area contributed by atoms with E-state index >= 15 is 0 Å². The van der Waals surface area contributed by atoms with E-state index in [-0.39, 0.29) is 19.2 Å². The van der Waals surface area contributed by atoms with E-state index in [4.69, 9.17) is 0 Å². The maximum absolute atomic E-state index is 14.4. The molecule has 2 aromatic rings. The molecule has 3 rings (SSSR count). The molecule has 29 heavy (non-hydrogen) atoms. The summed E-state index contributed by atoms with van der Waals surface area (Å²) in [7, 11) is 0. The molecule has 2 unspecified atom stereocenters. The van der Waals surface area contributed by atoms with Crippen molar-refractivity contribution in [2.45, 2.75) is 12.0 Å². The highest BCUT2D eigenvalue weighted by Crippen LogP contribution is 2.23. The highest BCUT2D eigenvalue weighted by molar-refractivity contribution is 6.00. The Kier molecular flexibility index (Phi) is 6.72. The zero-order valence-corrected chi connectivity index (χ0v) is 13.8. The Hall–Kier alpha value is -3.89. The number of imide groups is 1. The van der Waals surface area contributed by atoms with E-state index in [1.54, 1.807) is 10.3 Å². The average Bonchev–Trinajstić information content (AvgIpc) is 2.60. The van der Waals surface area contributed by atoms with E-state index in [9.17, 15) is 47.0 Å². The molecule has 3 radical (unpaired) electrons. The lowest BCUT2D eigenvalue weighted by molar-refractivity contribution is -0.158. The third-order valence-corrected chi connectivity index (χ3v) is 3.20. The average molecular weight is 417 g/mol. The number of hydrogen-bond acceptors (Lipinski definition) is 7. The molecule has 17 heteroatoms. The van der Waals surface area contributed by atoms with Crippen molar-refractivity contribution in [1.29, 1.82) is 0 Å². The van der Waals surface area contributed by atoms with Crippen molar-refractivity contribution in [2.24, 2.45) is 0 Å². The SMILES string of the molecule is O=C1NC(=O)C(F)(n2cc(F)c(=O)[nH]c2=O)C(O)N1.O=c1[nH]cc(F)c(=O)[nH]1.[B]. The van der Waals surface area contributed by atoms with Crippen LogP contribution in [0.2, 0.25) is 0 Å². The maximum atomic E-state index is 14.4. The van der Waals surface area contributed by atoms with Gasteiger partial charge in [0, 0.05) is 14.6 Å². The fourth-order valence-electron chi connectivity index (χ4n) is 1.89. The minimum absolute atomic E-state index is 0. The first-order valence-corrected chi connectivity index (χ1v) is 6.95. The normalized spacial score (nSPS) is 20.5. The zero-order valence-electron chi connectivity index (χ0n) is 13.8. The molecule has 0 aromatic carbocycles. The molecule has 0 bridgehead atoms. The Labute approximate surface area is 157 Å². The number of alkyl halides is 1. The fraction of sp³-hybridized carbons (Fsp3) is 0.167. The number of urea groups is 1. The summed E-state index contributed by atoms with van der Waals surface area (Å²) in [6.45, 7) is 0. The number of halogens is 3. The third kappa shape index (κ3) is 4.51. The minimum Gasteiger partial charge on any atom is -0.368 e. The van der Waals surface area contributed by atoms with Crippen LogP contribution in [0.4, 0.5) is 18.0 Å². The molecular weight excluding hydrogens is 408 g/mol. The van der Waals surface area contributed by atoms with E-state index in [1.165, 1.54) is 10.3 Å². The van der Waals surface area contributed by atoms with Crippen molar-refractivity contribution in [2.75, 3.05) is 0 Å². The molecule has 3 heterocycles. The topological polar surface area (TPSA) is 199 Å². The number of nitrogens with zero attached hydrogens (tertiary/aromatic N) is 1. The number of carbonyl (C=O) groups is 2. The van der Waals surface area contributed by atoms with Crippen LogP contribution < -0.4 is 33.1 Å². The Morgan fingerprint density at radius 3 is 2.10 bits per heavy atom. The number of hydrogen-bond donors (Lipinski definition) is 6. The molecule has 153 valence electrons. The molecule has 1 fully saturated rings. The van der Waals surface area contributed by atoms with Crippen LogP contribution in [0.15, 0.2) is 31.6 Å². The second-order valence-electron chi connectivity index (χ2n) is 5.03. The molecule has 1 saturated heterocycles. The Balaban J connectivity index is 0.000000355. The van der Waals surface area contributed by atoms with E-state index in [2.05, 4.69) is 0 Å². The largest absolute Gasteiger partial charge is 0.368 e. The summed E-state index contributed by atoms with van der Waals surface area (Å²) < 4.78 is 39.3. The number of aromatic nitrogens is 4. The summed E-state index contributed by atoms with van der Waals surface area (Å²) in [5.74, 6) is -7.71.